The molecule has 1 aromatic heterocycles. The highest BCUT2D eigenvalue weighted by Crippen LogP contribution is 2.18. The van der Waals surface area contributed by atoms with Crippen LogP contribution in [0.3, 0.4) is 0 Å². The number of amides is 1. The molecule has 23 heavy (non-hydrogen) atoms. The fraction of sp³-hybridized carbons (Fsp3) is 0.312. The molecular formula is C16H18BrN3O3. The molecule has 0 aliphatic heterocycles. The van der Waals surface area contributed by atoms with Crippen LogP contribution in [0.2, 0.25) is 0 Å². The molecule has 0 aliphatic rings. The smallest absolute Gasteiger partial charge is 0.326 e. The SMILES string of the molecule is Cc1c(C(=O)NC(C(=O)O)C(C)C)cnn1-c1cccc(Br)c1. The van der Waals surface area contributed by atoms with Gasteiger partial charge in [0, 0.05) is 4.47 Å². The Balaban J connectivity index is 2.28. The van der Waals surface area contributed by atoms with Gasteiger partial charge in [0.25, 0.3) is 5.91 Å². The third-order valence-corrected chi connectivity index (χ3v) is 4.02. The van der Waals surface area contributed by atoms with E-state index in [9.17, 15) is 14.7 Å². The molecule has 0 bridgehead atoms. The van der Waals surface area contributed by atoms with Gasteiger partial charge in [0.05, 0.1) is 23.1 Å². The van der Waals surface area contributed by atoms with E-state index in [-0.39, 0.29) is 5.92 Å². The summed E-state index contributed by atoms with van der Waals surface area (Å²) in [5.41, 5.74) is 1.82. The van der Waals surface area contributed by atoms with Crippen molar-refractivity contribution in [1.29, 1.82) is 0 Å². The fourth-order valence-corrected chi connectivity index (χ4v) is 2.62. The van der Waals surface area contributed by atoms with Crippen molar-refractivity contribution in [3.8, 4) is 5.69 Å². The summed E-state index contributed by atoms with van der Waals surface area (Å²) in [5, 5.41) is 16.0. The minimum Gasteiger partial charge on any atom is -0.480 e. The lowest BCUT2D eigenvalue weighted by molar-refractivity contribution is -0.140. The zero-order chi connectivity index (χ0) is 17.1. The molecule has 0 spiro atoms. The van der Waals surface area contributed by atoms with Crippen molar-refractivity contribution < 1.29 is 14.7 Å². The summed E-state index contributed by atoms with van der Waals surface area (Å²) in [6, 6.07) is 6.60. The molecule has 1 atom stereocenters. The van der Waals surface area contributed by atoms with E-state index in [2.05, 4.69) is 26.3 Å². The summed E-state index contributed by atoms with van der Waals surface area (Å²) in [7, 11) is 0. The molecule has 0 saturated heterocycles. The third-order valence-electron chi connectivity index (χ3n) is 3.53. The summed E-state index contributed by atoms with van der Waals surface area (Å²) >= 11 is 3.40. The number of rotatable bonds is 5. The maximum atomic E-state index is 12.4. The van der Waals surface area contributed by atoms with Gasteiger partial charge in [0.1, 0.15) is 6.04 Å². The fourth-order valence-electron chi connectivity index (χ4n) is 2.23. The molecule has 1 unspecified atom stereocenters. The predicted molar refractivity (Wildman–Crippen MR) is 89.7 cm³/mol. The Morgan fingerprint density at radius 1 is 1.35 bits per heavy atom. The van der Waals surface area contributed by atoms with Crippen molar-refractivity contribution in [2.24, 2.45) is 5.92 Å². The van der Waals surface area contributed by atoms with Crippen LogP contribution in [0.1, 0.15) is 29.9 Å². The molecule has 0 saturated carbocycles. The number of aromatic nitrogens is 2. The van der Waals surface area contributed by atoms with Gasteiger partial charge in [-0.1, -0.05) is 35.8 Å². The maximum absolute atomic E-state index is 12.4. The van der Waals surface area contributed by atoms with Gasteiger partial charge in [-0.15, -0.1) is 0 Å². The lowest BCUT2D eigenvalue weighted by atomic mass is 10.0. The molecule has 122 valence electrons. The molecule has 2 N–H and O–H groups in total. The quantitative estimate of drug-likeness (QED) is 0.836. The first kappa shape index (κ1) is 17.2. The molecule has 1 aromatic carbocycles. The Kier molecular flexibility index (Phi) is 5.20. The van der Waals surface area contributed by atoms with Crippen LogP contribution < -0.4 is 5.32 Å². The molecule has 0 fully saturated rings. The molecule has 1 amide bonds. The zero-order valence-electron chi connectivity index (χ0n) is 13.1. The van der Waals surface area contributed by atoms with Crippen LogP contribution in [-0.2, 0) is 4.79 Å². The number of aliphatic carboxylic acids is 1. The van der Waals surface area contributed by atoms with Crippen molar-refractivity contribution in [2.45, 2.75) is 26.8 Å². The van der Waals surface area contributed by atoms with Crippen molar-refractivity contribution in [1.82, 2.24) is 15.1 Å². The van der Waals surface area contributed by atoms with E-state index in [1.54, 1.807) is 25.5 Å². The van der Waals surface area contributed by atoms with Gasteiger partial charge in [-0.25, -0.2) is 9.48 Å². The van der Waals surface area contributed by atoms with Crippen molar-refractivity contribution in [3.63, 3.8) is 0 Å². The van der Waals surface area contributed by atoms with Crippen LogP contribution in [0.4, 0.5) is 0 Å². The number of carboxylic acids is 1. The number of nitrogens with zero attached hydrogens (tertiary/aromatic N) is 2. The normalized spacial score (nSPS) is 12.2. The van der Waals surface area contributed by atoms with Gasteiger partial charge in [-0.2, -0.15) is 5.10 Å². The van der Waals surface area contributed by atoms with E-state index >= 15 is 0 Å². The minimum absolute atomic E-state index is 0.211. The average molecular weight is 380 g/mol. The highest BCUT2D eigenvalue weighted by atomic mass is 79.9. The Morgan fingerprint density at radius 2 is 2.04 bits per heavy atom. The van der Waals surface area contributed by atoms with E-state index < -0.39 is 17.9 Å². The van der Waals surface area contributed by atoms with E-state index in [0.29, 0.717) is 11.3 Å². The van der Waals surface area contributed by atoms with Crippen molar-refractivity contribution >= 4 is 27.8 Å². The summed E-state index contributed by atoms with van der Waals surface area (Å²) in [6.45, 7) is 5.27. The van der Waals surface area contributed by atoms with Gasteiger partial charge >= 0.3 is 5.97 Å². The monoisotopic (exact) mass is 379 g/mol. The van der Waals surface area contributed by atoms with Crippen LogP contribution in [0.5, 0.6) is 0 Å². The minimum atomic E-state index is -1.05. The predicted octanol–water partition coefficient (Wildman–Crippen LogP) is 2.78. The Labute approximate surface area is 142 Å². The zero-order valence-corrected chi connectivity index (χ0v) is 14.7. The number of carbonyl (C=O) groups excluding carboxylic acids is 1. The number of nitrogens with one attached hydrogen (secondary N) is 1. The number of hydrogen-bond acceptors (Lipinski definition) is 3. The van der Waals surface area contributed by atoms with E-state index in [4.69, 9.17) is 0 Å². The van der Waals surface area contributed by atoms with E-state index in [1.165, 1.54) is 6.20 Å². The average Bonchev–Trinajstić information content (AvgIpc) is 2.85. The van der Waals surface area contributed by atoms with Crippen LogP contribution >= 0.6 is 15.9 Å². The maximum Gasteiger partial charge on any atom is 0.326 e. The molecule has 2 rings (SSSR count). The molecule has 1 heterocycles. The number of benzene rings is 1. The number of carboxylic acid groups (broad SMARTS) is 1. The van der Waals surface area contributed by atoms with Gasteiger partial charge in [0.15, 0.2) is 0 Å². The Bertz CT molecular complexity index is 740. The van der Waals surface area contributed by atoms with Crippen molar-refractivity contribution in [2.75, 3.05) is 0 Å². The van der Waals surface area contributed by atoms with Gasteiger partial charge in [-0.3, -0.25) is 4.79 Å². The summed E-state index contributed by atoms with van der Waals surface area (Å²) in [6.07, 6.45) is 1.45. The Hall–Kier alpha value is -2.15. The molecular weight excluding hydrogens is 362 g/mol. The summed E-state index contributed by atoms with van der Waals surface area (Å²) in [5.74, 6) is -1.70. The van der Waals surface area contributed by atoms with Gasteiger partial charge in [-0.05, 0) is 31.0 Å². The second-order valence-electron chi connectivity index (χ2n) is 5.57. The lowest BCUT2D eigenvalue weighted by Gasteiger charge is -2.17. The summed E-state index contributed by atoms with van der Waals surface area (Å²) < 4.78 is 2.55. The first-order valence-electron chi connectivity index (χ1n) is 7.15. The molecule has 0 radical (unpaired) electrons. The number of carbonyl (C=O) groups is 2. The second kappa shape index (κ2) is 6.95. The van der Waals surface area contributed by atoms with Gasteiger partial charge in [0.2, 0.25) is 0 Å². The second-order valence-corrected chi connectivity index (χ2v) is 6.48. The number of hydrogen-bond donors (Lipinski definition) is 2. The Morgan fingerprint density at radius 3 is 2.61 bits per heavy atom. The highest BCUT2D eigenvalue weighted by molar-refractivity contribution is 9.10. The van der Waals surface area contributed by atoms with Crippen LogP contribution in [0, 0.1) is 12.8 Å². The highest BCUT2D eigenvalue weighted by Gasteiger charge is 2.25. The number of halogens is 1. The van der Waals surface area contributed by atoms with Crippen molar-refractivity contribution in [3.05, 3.63) is 46.2 Å². The molecule has 6 nitrogen and oxygen atoms in total. The summed E-state index contributed by atoms with van der Waals surface area (Å²) in [4.78, 5) is 23.6. The first-order chi connectivity index (χ1) is 10.8. The van der Waals surface area contributed by atoms with Crippen LogP contribution in [0.15, 0.2) is 34.9 Å². The van der Waals surface area contributed by atoms with Crippen LogP contribution in [-0.4, -0.2) is 32.8 Å². The topological polar surface area (TPSA) is 84.2 Å². The van der Waals surface area contributed by atoms with Gasteiger partial charge < -0.3 is 10.4 Å². The molecule has 0 aliphatic carbocycles. The largest absolute Gasteiger partial charge is 0.480 e. The van der Waals surface area contributed by atoms with Crippen LogP contribution in [0.25, 0.3) is 5.69 Å². The van der Waals surface area contributed by atoms with E-state index in [1.807, 2.05) is 24.3 Å². The first-order valence-corrected chi connectivity index (χ1v) is 7.94. The van der Waals surface area contributed by atoms with E-state index in [0.717, 1.165) is 10.2 Å². The molecule has 7 heteroatoms. The molecule has 2 aromatic rings. The standard InChI is InChI=1S/C16H18BrN3O3/c1-9(2)14(16(22)23)19-15(21)13-8-18-20(10(13)3)12-6-4-5-11(17)7-12/h4-9,14H,1-3H3,(H,19,21)(H,22,23). The lowest BCUT2D eigenvalue weighted by Crippen LogP contribution is -2.44. The third kappa shape index (κ3) is 3.79.